The number of benzene rings is 3. The molecule has 2 amide bonds. The van der Waals surface area contributed by atoms with Gasteiger partial charge in [-0.2, -0.15) is 0 Å². The average molecular weight is 552 g/mol. The number of amides is 2. The van der Waals surface area contributed by atoms with E-state index in [0.717, 1.165) is 22.0 Å². The van der Waals surface area contributed by atoms with Crippen LogP contribution < -0.4 is 10.1 Å². The number of hydrogen-bond acceptors (Lipinski definition) is 3. The van der Waals surface area contributed by atoms with E-state index in [0.29, 0.717) is 12.2 Å². The Hall–Kier alpha value is -3.12. The lowest BCUT2D eigenvalue weighted by Crippen LogP contribution is -2.55. The Balaban J connectivity index is 1.91. The predicted molar refractivity (Wildman–Crippen MR) is 148 cm³/mol. The Morgan fingerprint density at radius 3 is 2.19 bits per heavy atom. The van der Waals surface area contributed by atoms with Gasteiger partial charge in [0.15, 0.2) is 6.61 Å². The molecule has 1 N–H and O–H groups in total. The molecule has 0 radical (unpaired) electrons. The summed E-state index contributed by atoms with van der Waals surface area (Å²) >= 11 is 3.51. The van der Waals surface area contributed by atoms with E-state index in [2.05, 4.69) is 28.2 Å². The highest BCUT2D eigenvalue weighted by atomic mass is 79.9. The van der Waals surface area contributed by atoms with E-state index in [1.807, 2.05) is 99.6 Å². The summed E-state index contributed by atoms with van der Waals surface area (Å²) in [6.45, 7) is 8.03. The number of halogens is 1. The molecule has 5 nitrogen and oxygen atoms in total. The summed E-state index contributed by atoms with van der Waals surface area (Å²) < 4.78 is 6.77. The molecular weight excluding hydrogens is 516 g/mol. The number of aryl methyl sites for hydroxylation is 1. The molecule has 0 saturated carbocycles. The van der Waals surface area contributed by atoms with Crippen molar-refractivity contribution < 1.29 is 14.3 Å². The summed E-state index contributed by atoms with van der Waals surface area (Å²) in [5, 5.41) is 3.08. The minimum absolute atomic E-state index is 0.159. The Kier molecular flexibility index (Phi) is 9.71. The molecular formula is C30H35BrN2O3. The largest absolute Gasteiger partial charge is 0.484 e. The molecule has 0 saturated heterocycles. The van der Waals surface area contributed by atoms with Crippen LogP contribution in [0.25, 0.3) is 0 Å². The molecule has 0 spiro atoms. The number of carbonyl (C=O) groups excluding carboxylic acids is 2. The van der Waals surface area contributed by atoms with Crippen molar-refractivity contribution in [2.24, 2.45) is 0 Å². The van der Waals surface area contributed by atoms with E-state index in [1.54, 1.807) is 4.90 Å². The van der Waals surface area contributed by atoms with Crippen LogP contribution in [0.1, 0.15) is 44.4 Å². The minimum Gasteiger partial charge on any atom is -0.484 e. The molecule has 0 fully saturated rings. The normalized spacial score (nSPS) is 12.0. The first-order chi connectivity index (χ1) is 17.1. The van der Waals surface area contributed by atoms with Crippen molar-refractivity contribution in [2.45, 2.75) is 58.7 Å². The lowest BCUT2D eigenvalue weighted by molar-refractivity contribution is -0.143. The maximum absolute atomic E-state index is 13.6. The van der Waals surface area contributed by atoms with E-state index < -0.39 is 11.6 Å². The van der Waals surface area contributed by atoms with Gasteiger partial charge in [0, 0.05) is 23.0 Å². The van der Waals surface area contributed by atoms with Crippen LogP contribution in [0.5, 0.6) is 5.75 Å². The van der Waals surface area contributed by atoms with E-state index in [4.69, 9.17) is 4.74 Å². The summed E-state index contributed by atoms with van der Waals surface area (Å²) in [5.74, 6) is 0.184. The van der Waals surface area contributed by atoms with Crippen LogP contribution >= 0.6 is 15.9 Å². The maximum atomic E-state index is 13.6. The third-order valence-corrected chi connectivity index (χ3v) is 6.20. The maximum Gasteiger partial charge on any atom is 0.261 e. The number of nitrogens with one attached hydrogen (secondary N) is 1. The molecule has 3 rings (SSSR count). The third kappa shape index (κ3) is 8.52. The van der Waals surface area contributed by atoms with E-state index >= 15 is 0 Å². The summed E-state index contributed by atoms with van der Waals surface area (Å²) in [5.41, 5.74) is 2.67. The molecule has 0 bridgehead atoms. The highest BCUT2D eigenvalue weighted by molar-refractivity contribution is 9.10. The second-order valence-electron chi connectivity index (χ2n) is 9.88. The Morgan fingerprint density at radius 1 is 0.917 bits per heavy atom. The summed E-state index contributed by atoms with van der Waals surface area (Å²) in [6.07, 6.45) is 1.33. The van der Waals surface area contributed by atoms with Crippen molar-refractivity contribution in [3.8, 4) is 5.75 Å². The molecule has 3 aromatic rings. The van der Waals surface area contributed by atoms with Crippen LogP contribution in [-0.2, 0) is 29.0 Å². The summed E-state index contributed by atoms with van der Waals surface area (Å²) in [6, 6.07) is 24.6. The molecule has 0 heterocycles. The topological polar surface area (TPSA) is 58.6 Å². The smallest absolute Gasteiger partial charge is 0.261 e. The van der Waals surface area contributed by atoms with Crippen molar-refractivity contribution in [3.05, 3.63) is 100 Å². The average Bonchev–Trinajstić information content (AvgIpc) is 2.84. The van der Waals surface area contributed by atoms with Crippen molar-refractivity contribution in [3.63, 3.8) is 0 Å². The first kappa shape index (κ1) is 27.5. The first-order valence-corrected chi connectivity index (χ1v) is 13.1. The van der Waals surface area contributed by atoms with E-state index in [-0.39, 0.29) is 25.0 Å². The van der Waals surface area contributed by atoms with Gasteiger partial charge in [-0.1, -0.05) is 77.5 Å². The second-order valence-corrected chi connectivity index (χ2v) is 10.8. The van der Waals surface area contributed by atoms with Crippen molar-refractivity contribution >= 4 is 27.7 Å². The molecule has 0 aliphatic carbocycles. The Bertz CT molecular complexity index is 1140. The summed E-state index contributed by atoms with van der Waals surface area (Å²) in [7, 11) is 0. The SMILES string of the molecule is CCc1ccc(OCC(=O)N(Cc2cccc(Br)c2)[C@@H](Cc2ccccc2)C(=O)NC(C)(C)C)cc1. The van der Waals surface area contributed by atoms with Crippen LogP contribution in [0.15, 0.2) is 83.3 Å². The lowest BCUT2D eigenvalue weighted by atomic mass is 10.0. The number of nitrogens with zero attached hydrogens (tertiary/aromatic N) is 1. The molecule has 0 unspecified atom stereocenters. The molecule has 3 aromatic carbocycles. The Morgan fingerprint density at radius 2 is 1.58 bits per heavy atom. The predicted octanol–water partition coefficient (Wildman–Crippen LogP) is 5.95. The van der Waals surface area contributed by atoms with Crippen LogP contribution in [-0.4, -0.2) is 34.9 Å². The fourth-order valence-corrected chi connectivity index (χ4v) is 4.33. The third-order valence-electron chi connectivity index (χ3n) is 5.71. The van der Waals surface area contributed by atoms with E-state index in [9.17, 15) is 9.59 Å². The summed E-state index contributed by atoms with van der Waals surface area (Å²) in [4.78, 5) is 28.8. The van der Waals surface area contributed by atoms with Gasteiger partial charge < -0.3 is 15.0 Å². The zero-order valence-corrected chi connectivity index (χ0v) is 23.0. The zero-order valence-electron chi connectivity index (χ0n) is 21.5. The zero-order chi connectivity index (χ0) is 26.1. The van der Waals surface area contributed by atoms with Gasteiger partial charge in [-0.3, -0.25) is 9.59 Å². The standard InChI is InChI=1S/C30H35BrN2O3/c1-5-22-14-16-26(17-15-22)36-21-28(34)33(20-24-12-9-13-25(31)18-24)27(29(35)32-30(2,3)4)19-23-10-7-6-8-11-23/h6-18,27H,5,19-21H2,1-4H3,(H,32,35)/t27-/m0/s1. The first-order valence-electron chi connectivity index (χ1n) is 12.3. The van der Waals surface area contributed by atoms with Gasteiger partial charge in [-0.25, -0.2) is 0 Å². The number of carbonyl (C=O) groups is 2. The van der Waals surface area contributed by atoms with Crippen LogP contribution in [0.4, 0.5) is 0 Å². The monoisotopic (exact) mass is 550 g/mol. The fraction of sp³-hybridized carbons (Fsp3) is 0.333. The van der Waals surface area contributed by atoms with Gasteiger partial charge in [0.2, 0.25) is 5.91 Å². The molecule has 6 heteroatoms. The molecule has 0 aliphatic heterocycles. The number of hydrogen-bond donors (Lipinski definition) is 1. The Labute approximate surface area is 223 Å². The van der Waals surface area contributed by atoms with Crippen molar-refractivity contribution in [1.82, 2.24) is 10.2 Å². The van der Waals surface area contributed by atoms with Gasteiger partial charge in [0.25, 0.3) is 5.91 Å². The van der Waals surface area contributed by atoms with Gasteiger partial charge in [0.1, 0.15) is 11.8 Å². The van der Waals surface area contributed by atoms with Crippen LogP contribution in [0.3, 0.4) is 0 Å². The lowest BCUT2D eigenvalue weighted by Gasteiger charge is -2.33. The number of ether oxygens (including phenoxy) is 1. The van der Waals surface area contributed by atoms with Gasteiger partial charge >= 0.3 is 0 Å². The second kappa shape index (κ2) is 12.7. The van der Waals surface area contributed by atoms with Gasteiger partial charge in [0.05, 0.1) is 0 Å². The van der Waals surface area contributed by atoms with Crippen LogP contribution in [0.2, 0.25) is 0 Å². The van der Waals surface area contributed by atoms with E-state index in [1.165, 1.54) is 5.56 Å². The highest BCUT2D eigenvalue weighted by Gasteiger charge is 2.32. The number of rotatable bonds is 10. The van der Waals surface area contributed by atoms with Gasteiger partial charge in [-0.15, -0.1) is 0 Å². The molecule has 0 aromatic heterocycles. The molecule has 1 atom stereocenters. The molecule has 36 heavy (non-hydrogen) atoms. The minimum atomic E-state index is -0.704. The van der Waals surface area contributed by atoms with Crippen molar-refractivity contribution in [2.75, 3.05) is 6.61 Å². The molecule has 0 aliphatic rings. The fourth-order valence-electron chi connectivity index (χ4n) is 3.89. The highest BCUT2D eigenvalue weighted by Crippen LogP contribution is 2.19. The van der Waals surface area contributed by atoms with Crippen LogP contribution in [0, 0.1) is 0 Å². The van der Waals surface area contributed by atoms with Gasteiger partial charge in [-0.05, 0) is 68.1 Å². The molecule has 190 valence electrons. The van der Waals surface area contributed by atoms with Crippen molar-refractivity contribution in [1.29, 1.82) is 0 Å². The quantitative estimate of drug-likeness (QED) is 0.339.